The zero-order chi connectivity index (χ0) is 22.2. The number of aromatic nitrogens is 1. The van der Waals surface area contributed by atoms with Crippen LogP contribution in [0.4, 0.5) is 0 Å². The van der Waals surface area contributed by atoms with Crippen molar-refractivity contribution in [2.24, 2.45) is 0 Å². The average Bonchev–Trinajstić information content (AvgIpc) is 3.28. The Bertz CT molecular complexity index is 1400. The molecule has 0 saturated carbocycles. The largest absolute Gasteiger partial charge is 0.497 e. The Morgan fingerprint density at radius 3 is 2.53 bits per heavy atom. The maximum atomic E-state index is 13.5. The third kappa shape index (κ3) is 3.24. The van der Waals surface area contributed by atoms with Gasteiger partial charge in [-0.15, -0.1) is 0 Å². The van der Waals surface area contributed by atoms with E-state index in [1.807, 2.05) is 48.5 Å². The second-order valence-electron chi connectivity index (χ2n) is 7.38. The lowest BCUT2D eigenvalue weighted by Crippen LogP contribution is -2.28. The van der Waals surface area contributed by atoms with Crippen LogP contribution in [0.15, 0.2) is 71.5 Å². The number of methoxy groups -OCH3 is 1. The van der Waals surface area contributed by atoms with E-state index in [1.54, 1.807) is 25.3 Å². The van der Waals surface area contributed by atoms with E-state index < -0.39 is 11.5 Å². The standard InChI is InChI=1S/C25H19NO6/c1-30-17-9-6-15(7-10-17)13-26-19-5-3-2-4-18(19)22(23(24(26)27)25(28)29)16-8-11-20-21(12-16)32-14-31-20/h2-12H,13-14H2,1H3,(H,28,29). The third-order valence-electron chi connectivity index (χ3n) is 5.55. The highest BCUT2D eigenvalue weighted by atomic mass is 16.7. The molecular weight excluding hydrogens is 410 g/mol. The molecule has 2 heterocycles. The number of pyridine rings is 1. The molecule has 7 nitrogen and oxygen atoms in total. The van der Waals surface area contributed by atoms with Crippen molar-refractivity contribution in [2.45, 2.75) is 6.54 Å². The quantitative estimate of drug-likeness (QED) is 0.513. The first-order valence-electron chi connectivity index (χ1n) is 9.98. The summed E-state index contributed by atoms with van der Waals surface area (Å²) in [6.07, 6.45) is 0. The number of aromatic carboxylic acids is 1. The number of nitrogens with zero attached hydrogens (tertiary/aromatic N) is 1. The van der Waals surface area contributed by atoms with Gasteiger partial charge in [0.2, 0.25) is 6.79 Å². The van der Waals surface area contributed by atoms with Crippen molar-refractivity contribution in [2.75, 3.05) is 13.9 Å². The summed E-state index contributed by atoms with van der Waals surface area (Å²) >= 11 is 0. The van der Waals surface area contributed by atoms with Crippen LogP contribution in [0, 0.1) is 0 Å². The Balaban J connectivity index is 1.75. The van der Waals surface area contributed by atoms with Crippen molar-refractivity contribution in [1.29, 1.82) is 0 Å². The van der Waals surface area contributed by atoms with Crippen LogP contribution in [-0.2, 0) is 6.54 Å². The number of carboxylic acid groups (broad SMARTS) is 1. The number of ether oxygens (including phenoxy) is 3. The van der Waals surface area contributed by atoms with E-state index >= 15 is 0 Å². The van der Waals surface area contributed by atoms with Gasteiger partial charge in [-0.05, 0) is 41.5 Å². The molecule has 7 heteroatoms. The molecule has 0 fully saturated rings. The van der Waals surface area contributed by atoms with Crippen molar-refractivity contribution in [3.05, 3.63) is 88.2 Å². The van der Waals surface area contributed by atoms with Crippen molar-refractivity contribution in [3.8, 4) is 28.4 Å². The van der Waals surface area contributed by atoms with Crippen LogP contribution in [-0.4, -0.2) is 29.5 Å². The van der Waals surface area contributed by atoms with Crippen LogP contribution in [0.1, 0.15) is 15.9 Å². The van der Waals surface area contributed by atoms with Gasteiger partial charge in [0.15, 0.2) is 11.5 Å². The number of para-hydroxylation sites is 1. The molecule has 0 radical (unpaired) electrons. The fourth-order valence-electron chi connectivity index (χ4n) is 4.03. The molecule has 4 aromatic rings. The first-order valence-corrected chi connectivity index (χ1v) is 9.98. The molecule has 0 unspecified atom stereocenters. The molecule has 0 atom stereocenters. The summed E-state index contributed by atoms with van der Waals surface area (Å²) in [7, 11) is 1.58. The molecule has 160 valence electrons. The fraction of sp³-hybridized carbons (Fsp3) is 0.120. The van der Waals surface area contributed by atoms with Crippen molar-refractivity contribution >= 4 is 16.9 Å². The molecule has 0 aliphatic carbocycles. The van der Waals surface area contributed by atoms with Crippen molar-refractivity contribution < 1.29 is 24.1 Å². The molecule has 1 N–H and O–H groups in total. The number of hydrogen-bond acceptors (Lipinski definition) is 5. The number of benzene rings is 3. The van der Waals surface area contributed by atoms with Crippen molar-refractivity contribution in [3.63, 3.8) is 0 Å². The van der Waals surface area contributed by atoms with Gasteiger partial charge in [-0.1, -0.05) is 36.4 Å². The lowest BCUT2D eigenvalue weighted by Gasteiger charge is -2.17. The minimum atomic E-state index is -1.28. The van der Waals surface area contributed by atoms with Crippen LogP contribution in [0.25, 0.3) is 22.0 Å². The fourth-order valence-corrected chi connectivity index (χ4v) is 4.03. The average molecular weight is 429 g/mol. The van der Waals surface area contributed by atoms with Crippen molar-refractivity contribution in [1.82, 2.24) is 4.57 Å². The maximum Gasteiger partial charge on any atom is 0.342 e. The molecule has 0 spiro atoms. The number of fused-ring (bicyclic) bond motifs is 2. The van der Waals surface area contributed by atoms with E-state index in [-0.39, 0.29) is 18.9 Å². The predicted molar refractivity (Wildman–Crippen MR) is 119 cm³/mol. The Morgan fingerprint density at radius 1 is 1.03 bits per heavy atom. The summed E-state index contributed by atoms with van der Waals surface area (Å²) in [5, 5.41) is 10.7. The van der Waals surface area contributed by atoms with Gasteiger partial charge in [-0.3, -0.25) is 4.79 Å². The summed E-state index contributed by atoms with van der Waals surface area (Å²) in [5.74, 6) is 0.528. The molecule has 1 aliphatic rings. The lowest BCUT2D eigenvalue weighted by molar-refractivity contribution is 0.0695. The summed E-state index contributed by atoms with van der Waals surface area (Å²) in [6.45, 7) is 0.333. The molecule has 0 amide bonds. The molecule has 5 rings (SSSR count). The second kappa shape index (κ2) is 7.77. The predicted octanol–water partition coefficient (Wildman–Crippen LogP) is 4.15. The second-order valence-corrected chi connectivity index (χ2v) is 7.38. The van der Waals surface area contributed by atoms with E-state index in [1.165, 1.54) is 4.57 Å². The molecular formula is C25H19NO6. The van der Waals surface area contributed by atoms with Crippen LogP contribution in [0.2, 0.25) is 0 Å². The molecule has 1 aliphatic heterocycles. The highest BCUT2D eigenvalue weighted by molar-refractivity contribution is 6.06. The lowest BCUT2D eigenvalue weighted by atomic mass is 9.95. The zero-order valence-corrected chi connectivity index (χ0v) is 17.2. The first kappa shape index (κ1) is 19.7. The summed E-state index contributed by atoms with van der Waals surface area (Å²) in [5.41, 5.74) is 1.59. The normalized spacial score (nSPS) is 12.2. The Labute approximate surface area is 183 Å². The van der Waals surface area contributed by atoms with Gasteiger partial charge in [-0.2, -0.15) is 0 Å². The third-order valence-corrected chi connectivity index (χ3v) is 5.55. The molecule has 3 aromatic carbocycles. The summed E-state index contributed by atoms with van der Waals surface area (Å²) < 4.78 is 17.5. The van der Waals surface area contributed by atoms with E-state index in [0.29, 0.717) is 39.3 Å². The number of rotatable bonds is 5. The molecule has 32 heavy (non-hydrogen) atoms. The smallest absolute Gasteiger partial charge is 0.342 e. The van der Waals surface area contributed by atoms with Crippen LogP contribution in [0.3, 0.4) is 0 Å². The van der Waals surface area contributed by atoms with Crippen LogP contribution >= 0.6 is 0 Å². The number of carbonyl (C=O) groups is 1. The zero-order valence-electron chi connectivity index (χ0n) is 17.2. The number of carboxylic acids is 1. The summed E-state index contributed by atoms with van der Waals surface area (Å²) in [4.78, 5) is 25.8. The first-order chi connectivity index (χ1) is 15.6. The molecule has 1 aromatic heterocycles. The monoisotopic (exact) mass is 429 g/mol. The van der Waals surface area contributed by atoms with Gasteiger partial charge >= 0.3 is 5.97 Å². The summed E-state index contributed by atoms with van der Waals surface area (Å²) in [6, 6.07) is 19.8. The van der Waals surface area contributed by atoms with Gasteiger partial charge in [0.05, 0.1) is 19.2 Å². The Hall–Kier alpha value is -4.26. The Kier molecular flexibility index (Phi) is 4.78. The van der Waals surface area contributed by atoms with Gasteiger partial charge in [0, 0.05) is 10.9 Å². The van der Waals surface area contributed by atoms with E-state index in [9.17, 15) is 14.7 Å². The molecule has 0 saturated heterocycles. The Morgan fingerprint density at radius 2 is 1.78 bits per heavy atom. The topological polar surface area (TPSA) is 87.0 Å². The highest BCUT2D eigenvalue weighted by Crippen LogP contribution is 2.39. The molecule has 0 bridgehead atoms. The van der Waals surface area contributed by atoms with Crippen LogP contribution < -0.4 is 19.8 Å². The van der Waals surface area contributed by atoms with Gasteiger partial charge in [0.1, 0.15) is 11.3 Å². The van der Waals surface area contributed by atoms with E-state index in [2.05, 4.69) is 0 Å². The minimum Gasteiger partial charge on any atom is -0.497 e. The van der Waals surface area contributed by atoms with Gasteiger partial charge in [-0.25, -0.2) is 4.79 Å². The van der Waals surface area contributed by atoms with E-state index in [0.717, 1.165) is 5.56 Å². The SMILES string of the molecule is COc1ccc(Cn2c(=O)c(C(=O)O)c(-c3ccc4c(c3)OCO4)c3ccccc32)cc1. The van der Waals surface area contributed by atoms with Gasteiger partial charge in [0.25, 0.3) is 5.56 Å². The van der Waals surface area contributed by atoms with E-state index in [4.69, 9.17) is 14.2 Å². The number of hydrogen-bond donors (Lipinski definition) is 1. The minimum absolute atomic E-state index is 0.106. The van der Waals surface area contributed by atoms with Crippen LogP contribution in [0.5, 0.6) is 17.2 Å². The maximum absolute atomic E-state index is 13.5. The van der Waals surface area contributed by atoms with Gasteiger partial charge < -0.3 is 23.9 Å². The highest BCUT2D eigenvalue weighted by Gasteiger charge is 2.24.